The maximum atomic E-state index is 7.31. The van der Waals surface area contributed by atoms with Gasteiger partial charge in [-0.25, -0.2) is 0 Å². The zero-order valence-electron chi connectivity index (χ0n) is 7.30. The fraction of sp³-hybridized carbons (Fsp3) is 0.556. The average molecular weight is 196 g/mol. The Kier molecular flexibility index (Phi) is 4.58. The molecule has 1 heterocycles. The Bertz CT molecular complexity index is 248. The highest BCUT2D eigenvalue weighted by Gasteiger charge is 2.10. The van der Waals surface area contributed by atoms with Gasteiger partial charge in [0.1, 0.15) is 5.04 Å². The van der Waals surface area contributed by atoms with E-state index in [9.17, 15) is 0 Å². The molecule has 0 aromatic rings. The Morgan fingerprint density at radius 1 is 1.46 bits per heavy atom. The van der Waals surface area contributed by atoms with Gasteiger partial charge < -0.3 is 10.1 Å². The van der Waals surface area contributed by atoms with E-state index in [4.69, 9.17) is 15.6 Å². The molecule has 0 amide bonds. The Balaban J connectivity index is 2.35. The zero-order chi connectivity index (χ0) is 9.52. The van der Waals surface area contributed by atoms with Crippen LogP contribution in [-0.4, -0.2) is 23.8 Å². The third-order valence-electron chi connectivity index (χ3n) is 1.79. The molecule has 0 saturated carbocycles. The van der Waals surface area contributed by atoms with Crippen molar-refractivity contribution in [1.29, 1.82) is 10.8 Å². The van der Waals surface area contributed by atoms with Gasteiger partial charge in [0.05, 0.1) is 5.55 Å². The van der Waals surface area contributed by atoms with Gasteiger partial charge in [-0.05, 0) is 18.8 Å². The van der Waals surface area contributed by atoms with Crippen LogP contribution >= 0.6 is 11.8 Å². The summed E-state index contributed by atoms with van der Waals surface area (Å²) in [4.78, 5) is 0. The molecule has 3 nitrogen and oxygen atoms in total. The smallest absolute Gasteiger partial charge is 0.144 e. The summed E-state index contributed by atoms with van der Waals surface area (Å²) < 4.78 is 5.19. The minimum atomic E-state index is 0.251. The van der Waals surface area contributed by atoms with Crippen molar-refractivity contribution in [3.8, 4) is 11.8 Å². The normalized spacial score (nSPS) is 17.2. The fourth-order valence-electron chi connectivity index (χ4n) is 1.10. The molecule has 1 fully saturated rings. The van der Waals surface area contributed by atoms with E-state index in [1.165, 1.54) is 0 Å². The van der Waals surface area contributed by atoms with Gasteiger partial charge in [0.15, 0.2) is 0 Å². The van der Waals surface area contributed by atoms with E-state index < -0.39 is 0 Å². The van der Waals surface area contributed by atoms with Gasteiger partial charge in [0, 0.05) is 19.1 Å². The third kappa shape index (κ3) is 4.11. The predicted molar refractivity (Wildman–Crippen MR) is 55.4 cm³/mol. The number of hydrogen-bond donors (Lipinski definition) is 2. The van der Waals surface area contributed by atoms with Crippen molar-refractivity contribution in [3.63, 3.8) is 0 Å². The van der Waals surface area contributed by atoms with Crippen molar-refractivity contribution in [2.24, 2.45) is 5.92 Å². The minimum Gasteiger partial charge on any atom is -0.381 e. The van der Waals surface area contributed by atoms with Crippen LogP contribution in [0.2, 0.25) is 0 Å². The molecular weight excluding hydrogens is 184 g/mol. The second-order valence-electron chi connectivity index (χ2n) is 2.72. The van der Waals surface area contributed by atoms with Gasteiger partial charge in [-0.3, -0.25) is 5.41 Å². The molecule has 13 heavy (non-hydrogen) atoms. The fourth-order valence-corrected chi connectivity index (χ4v) is 1.33. The van der Waals surface area contributed by atoms with Crippen LogP contribution < -0.4 is 0 Å². The molecule has 4 heteroatoms. The monoisotopic (exact) mass is 196 g/mol. The highest BCUT2D eigenvalue weighted by Crippen LogP contribution is 2.13. The molecule has 0 unspecified atom stereocenters. The van der Waals surface area contributed by atoms with E-state index in [0.717, 1.165) is 43.4 Å². The van der Waals surface area contributed by atoms with Crippen LogP contribution in [0.3, 0.4) is 0 Å². The Morgan fingerprint density at radius 3 is 2.77 bits per heavy atom. The van der Waals surface area contributed by atoms with Crippen LogP contribution in [0.1, 0.15) is 12.8 Å². The predicted octanol–water partition coefficient (Wildman–Crippen LogP) is 1.73. The number of thioether (sulfide) groups is 1. The maximum absolute atomic E-state index is 7.31. The summed E-state index contributed by atoms with van der Waals surface area (Å²) in [5.74, 6) is 6.15. The number of hydrogen-bond acceptors (Lipinski definition) is 4. The molecule has 1 rings (SSSR count). The first-order valence-electron chi connectivity index (χ1n) is 4.16. The van der Waals surface area contributed by atoms with E-state index in [0.29, 0.717) is 5.92 Å². The molecule has 1 aliphatic rings. The number of nitrogens with one attached hydrogen (secondary N) is 2. The van der Waals surface area contributed by atoms with Crippen LogP contribution in [0.4, 0.5) is 0 Å². The highest BCUT2D eigenvalue weighted by molar-refractivity contribution is 8.25. The summed E-state index contributed by atoms with van der Waals surface area (Å²) in [7, 11) is 0. The van der Waals surface area contributed by atoms with Crippen molar-refractivity contribution in [2.45, 2.75) is 12.8 Å². The van der Waals surface area contributed by atoms with Gasteiger partial charge in [0.25, 0.3) is 0 Å². The Hall–Kier alpha value is -0.790. The van der Waals surface area contributed by atoms with Crippen LogP contribution in [0.5, 0.6) is 0 Å². The summed E-state index contributed by atoms with van der Waals surface area (Å²) >= 11 is 1.04. The molecule has 0 radical (unpaired) electrons. The summed E-state index contributed by atoms with van der Waals surface area (Å²) in [5, 5.41) is 14.3. The van der Waals surface area contributed by atoms with Crippen molar-refractivity contribution >= 4 is 22.4 Å². The largest absolute Gasteiger partial charge is 0.381 e. The molecule has 1 aliphatic heterocycles. The zero-order valence-corrected chi connectivity index (χ0v) is 8.12. The van der Waals surface area contributed by atoms with Crippen LogP contribution in [0.25, 0.3) is 0 Å². The van der Waals surface area contributed by atoms with Crippen molar-refractivity contribution < 1.29 is 4.74 Å². The van der Waals surface area contributed by atoms with Crippen LogP contribution in [0.15, 0.2) is 0 Å². The van der Waals surface area contributed by atoms with Gasteiger partial charge in [-0.2, -0.15) is 0 Å². The molecule has 0 aromatic heterocycles. The maximum Gasteiger partial charge on any atom is 0.144 e. The molecule has 1 saturated heterocycles. The second kappa shape index (κ2) is 5.79. The first kappa shape index (κ1) is 10.3. The average Bonchev–Trinajstić information content (AvgIpc) is 2.17. The van der Waals surface area contributed by atoms with E-state index >= 15 is 0 Å². The van der Waals surface area contributed by atoms with Gasteiger partial charge in [-0.1, -0.05) is 17.7 Å². The summed E-state index contributed by atoms with van der Waals surface area (Å²) in [6.45, 7) is 1.56. The van der Waals surface area contributed by atoms with Gasteiger partial charge >= 0.3 is 0 Å². The Morgan fingerprint density at radius 2 is 2.15 bits per heavy atom. The molecule has 0 spiro atoms. The lowest BCUT2D eigenvalue weighted by Crippen LogP contribution is -2.14. The Labute approximate surface area is 82.3 Å². The van der Waals surface area contributed by atoms with Crippen molar-refractivity contribution in [1.82, 2.24) is 0 Å². The first-order chi connectivity index (χ1) is 6.33. The molecular formula is C9H12N2OS. The number of ether oxygens (including phenoxy) is 1. The molecule has 0 aliphatic carbocycles. The highest BCUT2D eigenvalue weighted by atomic mass is 32.2. The quantitative estimate of drug-likeness (QED) is 0.381. The lowest BCUT2D eigenvalue weighted by molar-refractivity contribution is 0.0807. The lowest BCUT2D eigenvalue weighted by atomic mass is 10.0. The summed E-state index contributed by atoms with van der Waals surface area (Å²) in [6, 6.07) is 0. The van der Waals surface area contributed by atoms with Gasteiger partial charge in [0.2, 0.25) is 0 Å². The third-order valence-corrected chi connectivity index (χ3v) is 2.24. The molecule has 0 aromatic carbocycles. The van der Waals surface area contributed by atoms with Gasteiger partial charge in [-0.15, -0.1) is 0 Å². The van der Waals surface area contributed by atoms with Crippen molar-refractivity contribution in [3.05, 3.63) is 0 Å². The topological polar surface area (TPSA) is 56.9 Å². The summed E-state index contributed by atoms with van der Waals surface area (Å²) in [5.41, 5.74) is 1.13. The van der Waals surface area contributed by atoms with E-state index in [2.05, 4.69) is 11.8 Å². The SMILES string of the molecule is N=CSC(=N)C#CC1CCOCC1. The summed E-state index contributed by atoms with van der Waals surface area (Å²) in [6.07, 6.45) is 1.94. The van der Waals surface area contributed by atoms with E-state index in [1.54, 1.807) is 0 Å². The molecule has 0 bridgehead atoms. The molecule has 2 N–H and O–H groups in total. The number of rotatable bonds is 1. The van der Waals surface area contributed by atoms with Crippen LogP contribution in [0, 0.1) is 28.6 Å². The molecule has 0 atom stereocenters. The standard InChI is InChI=1S/C9H12N2OS/c10-7-13-9(11)2-1-8-3-5-12-6-4-8/h7-8,10-11H,3-6H2. The second-order valence-corrected chi connectivity index (χ2v) is 3.60. The van der Waals surface area contributed by atoms with E-state index in [1.807, 2.05) is 0 Å². The van der Waals surface area contributed by atoms with E-state index in [-0.39, 0.29) is 5.04 Å². The molecule has 70 valence electrons. The van der Waals surface area contributed by atoms with Crippen molar-refractivity contribution in [2.75, 3.05) is 13.2 Å². The first-order valence-corrected chi connectivity index (χ1v) is 5.04. The minimum absolute atomic E-state index is 0.251. The lowest BCUT2D eigenvalue weighted by Gasteiger charge is -2.16. The van der Waals surface area contributed by atoms with Crippen LogP contribution in [-0.2, 0) is 4.74 Å².